The van der Waals surface area contributed by atoms with Gasteiger partial charge in [0.2, 0.25) is 5.88 Å². The van der Waals surface area contributed by atoms with Crippen LogP contribution < -0.4 is 15.4 Å². The standard InChI is InChI=1S/C9H14N4O/c1-6-11-8(3-9(12-6)14-2)13-4-7(10)5-13/h3,7H,4-5,10H2,1-2H3. The van der Waals surface area contributed by atoms with Crippen LogP contribution in [0.1, 0.15) is 5.82 Å². The SMILES string of the molecule is COc1cc(N2CC(N)C2)nc(C)n1. The van der Waals surface area contributed by atoms with Crippen LogP contribution in [0.3, 0.4) is 0 Å². The van der Waals surface area contributed by atoms with Crippen molar-refractivity contribution in [2.75, 3.05) is 25.1 Å². The fraction of sp³-hybridized carbons (Fsp3) is 0.556. The highest BCUT2D eigenvalue weighted by atomic mass is 16.5. The third kappa shape index (κ3) is 1.63. The molecule has 1 aliphatic rings. The van der Waals surface area contributed by atoms with Gasteiger partial charge in [-0.3, -0.25) is 0 Å². The minimum absolute atomic E-state index is 0.274. The molecule has 0 saturated carbocycles. The highest BCUT2D eigenvalue weighted by molar-refractivity contribution is 5.45. The molecule has 0 aromatic carbocycles. The second-order valence-electron chi connectivity index (χ2n) is 3.48. The fourth-order valence-electron chi connectivity index (χ4n) is 1.49. The highest BCUT2D eigenvalue weighted by Gasteiger charge is 2.24. The molecule has 0 radical (unpaired) electrons. The van der Waals surface area contributed by atoms with Crippen molar-refractivity contribution in [2.24, 2.45) is 5.73 Å². The predicted molar refractivity (Wildman–Crippen MR) is 53.5 cm³/mol. The van der Waals surface area contributed by atoms with E-state index in [9.17, 15) is 0 Å². The first-order chi connectivity index (χ1) is 6.69. The summed E-state index contributed by atoms with van der Waals surface area (Å²) in [5.74, 6) is 2.23. The van der Waals surface area contributed by atoms with E-state index >= 15 is 0 Å². The van der Waals surface area contributed by atoms with E-state index in [1.54, 1.807) is 7.11 Å². The Kier molecular flexibility index (Phi) is 2.25. The lowest BCUT2D eigenvalue weighted by Crippen LogP contribution is -2.56. The van der Waals surface area contributed by atoms with Crippen molar-refractivity contribution in [1.82, 2.24) is 9.97 Å². The van der Waals surface area contributed by atoms with E-state index in [0.717, 1.165) is 24.7 Å². The molecular weight excluding hydrogens is 180 g/mol. The van der Waals surface area contributed by atoms with Crippen LogP contribution in [0.2, 0.25) is 0 Å². The van der Waals surface area contributed by atoms with Crippen LogP contribution in [0.5, 0.6) is 5.88 Å². The van der Waals surface area contributed by atoms with Gasteiger partial charge in [-0.1, -0.05) is 0 Å². The molecule has 14 heavy (non-hydrogen) atoms. The summed E-state index contributed by atoms with van der Waals surface area (Å²) in [6.07, 6.45) is 0. The molecule has 1 aromatic heterocycles. The number of methoxy groups -OCH3 is 1. The molecule has 2 rings (SSSR count). The average molecular weight is 194 g/mol. The molecule has 5 nitrogen and oxygen atoms in total. The molecule has 0 bridgehead atoms. The van der Waals surface area contributed by atoms with E-state index in [2.05, 4.69) is 14.9 Å². The summed E-state index contributed by atoms with van der Waals surface area (Å²) >= 11 is 0. The Labute approximate surface area is 82.9 Å². The van der Waals surface area contributed by atoms with Crippen LogP contribution in [0, 0.1) is 6.92 Å². The van der Waals surface area contributed by atoms with Crippen LogP contribution in [-0.2, 0) is 0 Å². The van der Waals surface area contributed by atoms with Gasteiger partial charge >= 0.3 is 0 Å². The van der Waals surface area contributed by atoms with Crippen molar-refractivity contribution in [3.63, 3.8) is 0 Å². The third-order valence-corrected chi connectivity index (χ3v) is 2.24. The Morgan fingerprint density at radius 3 is 2.79 bits per heavy atom. The Balaban J connectivity index is 2.21. The van der Waals surface area contributed by atoms with Gasteiger partial charge in [-0.05, 0) is 6.92 Å². The van der Waals surface area contributed by atoms with Gasteiger partial charge in [0, 0.05) is 25.2 Å². The molecule has 5 heteroatoms. The molecule has 1 fully saturated rings. The van der Waals surface area contributed by atoms with Gasteiger partial charge in [0.05, 0.1) is 7.11 Å². The van der Waals surface area contributed by atoms with Crippen LogP contribution in [0.25, 0.3) is 0 Å². The van der Waals surface area contributed by atoms with E-state index in [-0.39, 0.29) is 6.04 Å². The van der Waals surface area contributed by atoms with Gasteiger partial charge in [-0.25, -0.2) is 4.98 Å². The van der Waals surface area contributed by atoms with E-state index in [4.69, 9.17) is 10.5 Å². The third-order valence-electron chi connectivity index (χ3n) is 2.24. The van der Waals surface area contributed by atoms with Gasteiger partial charge in [-0.2, -0.15) is 4.98 Å². The zero-order chi connectivity index (χ0) is 10.1. The molecule has 76 valence electrons. The molecule has 1 aromatic rings. The lowest BCUT2D eigenvalue weighted by atomic mass is 10.1. The van der Waals surface area contributed by atoms with Crippen molar-refractivity contribution in [3.05, 3.63) is 11.9 Å². The van der Waals surface area contributed by atoms with Gasteiger partial charge in [-0.15, -0.1) is 0 Å². The zero-order valence-electron chi connectivity index (χ0n) is 8.40. The smallest absolute Gasteiger partial charge is 0.218 e. The van der Waals surface area contributed by atoms with E-state index in [1.165, 1.54) is 0 Å². The van der Waals surface area contributed by atoms with E-state index < -0.39 is 0 Å². The highest BCUT2D eigenvalue weighted by Crippen LogP contribution is 2.21. The van der Waals surface area contributed by atoms with E-state index in [1.807, 2.05) is 13.0 Å². The summed E-state index contributed by atoms with van der Waals surface area (Å²) in [5, 5.41) is 0. The Hall–Kier alpha value is -1.36. The number of hydrogen-bond donors (Lipinski definition) is 1. The molecule has 1 aliphatic heterocycles. The van der Waals surface area contributed by atoms with E-state index in [0.29, 0.717) is 5.88 Å². The maximum atomic E-state index is 5.70. The van der Waals surface area contributed by atoms with Crippen molar-refractivity contribution in [1.29, 1.82) is 0 Å². The normalized spacial score (nSPS) is 16.6. The quantitative estimate of drug-likeness (QED) is 0.714. The average Bonchev–Trinajstić information content (AvgIpc) is 2.12. The number of aromatic nitrogens is 2. The lowest BCUT2D eigenvalue weighted by Gasteiger charge is -2.37. The summed E-state index contributed by atoms with van der Waals surface area (Å²) in [7, 11) is 1.60. The Morgan fingerprint density at radius 2 is 2.21 bits per heavy atom. The summed E-state index contributed by atoms with van der Waals surface area (Å²) in [6, 6.07) is 2.11. The number of nitrogens with zero attached hydrogens (tertiary/aromatic N) is 3. The van der Waals surface area contributed by atoms with Gasteiger partial charge in [0.15, 0.2) is 0 Å². The molecule has 0 amide bonds. The lowest BCUT2D eigenvalue weighted by molar-refractivity contribution is 0.394. The predicted octanol–water partition coefficient (Wildman–Crippen LogP) is -0.0591. The molecular formula is C9H14N4O. The number of ether oxygens (including phenoxy) is 1. The molecule has 0 spiro atoms. The Morgan fingerprint density at radius 1 is 1.50 bits per heavy atom. The molecule has 0 unspecified atom stereocenters. The number of nitrogens with two attached hydrogens (primary N) is 1. The number of aryl methyl sites for hydroxylation is 1. The largest absolute Gasteiger partial charge is 0.481 e. The number of rotatable bonds is 2. The van der Waals surface area contributed by atoms with Crippen LogP contribution in [0.15, 0.2) is 6.07 Å². The minimum atomic E-state index is 0.274. The van der Waals surface area contributed by atoms with Crippen molar-refractivity contribution < 1.29 is 4.74 Å². The van der Waals surface area contributed by atoms with Crippen LogP contribution in [-0.4, -0.2) is 36.2 Å². The van der Waals surface area contributed by atoms with Gasteiger partial charge < -0.3 is 15.4 Å². The second-order valence-corrected chi connectivity index (χ2v) is 3.48. The van der Waals surface area contributed by atoms with Crippen LogP contribution in [0.4, 0.5) is 5.82 Å². The van der Waals surface area contributed by atoms with Gasteiger partial charge in [0.1, 0.15) is 11.6 Å². The summed E-state index contributed by atoms with van der Waals surface area (Å²) in [4.78, 5) is 10.6. The molecule has 2 N–H and O–H groups in total. The minimum Gasteiger partial charge on any atom is -0.481 e. The van der Waals surface area contributed by atoms with Crippen molar-refractivity contribution in [2.45, 2.75) is 13.0 Å². The van der Waals surface area contributed by atoms with Crippen molar-refractivity contribution in [3.8, 4) is 5.88 Å². The number of hydrogen-bond acceptors (Lipinski definition) is 5. The molecule has 0 aliphatic carbocycles. The first kappa shape index (κ1) is 9.21. The van der Waals surface area contributed by atoms with Gasteiger partial charge in [0.25, 0.3) is 0 Å². The second kappa shape index (κ2) is 3.42. The fourth-order valence-corrected chi connectivity index (χ4v) is 1.49. The summed E-state index contributed by atoms with van der Waals surface area (Å²) in [5.41, 5.74) is 5.70. The summed E-state index contributed by atoms with van der Waals surface area (Å²) < 4.78 is 5.07. The molecule has 2 heterocycles. The Bertz CT molecular complexity index is 336. The maximum Gasteiger partial charge on any atom is 0.218 e. The zero-order valence-corrected chi connectivity index (χ0v) is 8.40. The molecule has 0 atom stereocenters. The molecule has 1 saturated heterocycles. The summed E-state index contributed by atoms with van der Waals surface area (Å²) in [6.45, 7) is 3.57. The van der Waals surface area contributed by atoms with Crippen molar-refractivity contribution >= 4 is 5.82 Å². The topological polar surface area (TPSA) is 64.3 Å². The monoisotopic (exact) mass is 194 g/mol. The first-order valence-electron chi connectivity index (χ1n) is 4.59. The van der Waals surface area contributed by atoms with Crippen LogP contribution >= 0.6 is 0 Å². The first-order valence-corrected chi connectivity index (χ1v) is 4.59. The maximum absolute atomic E-state index is 5.70. The number of anilines is 1.